The van der Waals surface area contributed by atoms with E-state index in [1.54, 1.807) is 13.2 Å². The quantitative estimate of drug-likeness (QED) is 0.785. The molecule has 1 aromatic rings. The highest BCUT2D eigenvalue weighted by Gasteiger charge is 2.02. The van der Waals surface area contributed by atoms with Gasteiger partial charge in [0.25, 0.3) is 0 Å². The first-order valence-electron chi connectivity index (χ1n) is 4.59. The van der Waals surface area contributed by atoms with Gasteiger partial charge in [-0.2, -0.15) is 5.26 Å². The van der Waals surface area contributed by atoms with Crippen LogP contribution in [-0.2, 0) is 6.54 Å². The lowest BCUT2D eigenvalue weighted by molar-refractivity contribution is 0.412. The average molecular weight is 190 g/mol. The van der Waals surface area contributed by atoms with E-state index in [1.165, 1.54) is 0 Å². The van der Waals surface area contributed by atoms with Crippen molar-refractivity contribution in [1.82, 2.24) is 5.32 Å². The van der Waals surface area contributed by atoms with E-state index >= 15 is 0 Å². The number of rotatable bonds is 4. The maximum atomic E-state index is 8.77. The van der Waals surface area contributed by atoms with Crippen molar-refractivity contribution in [3.8, 4) is 11.8 Å². The summed E-state index contributed by atoms with van der Waals surface area (Å²) in [7, 11) is 1.58. The Balaban J connectivity index is 2.86. The Morgan fingerprint density at radius 3 is 2.86 bits per heavy atom. The molecule has 3 nitrogen and oxygen atoms in total. The molecule has 0 aliphatic heterocycles. The van der Waals surface area contributed by atoms with Gasteiger partial charge in [-0.1, -0.05) is 13.0 Å². The zero-order valence-corrected chi connectivity index (χ0v) is 8.50. The molecular weight excluding hydrogens is 176 g/mol. The van der Waals surface area contributed by atoms with E-state index in [-0.39, 0.29) is 0 Å². The molecule has 14 heavy (non-hydrogen) atoms. The smallest absolute Gasteiger partial charge is 0.136 e. The largest absolute Gasteiger partial charge is 0.495 e. The number of nitrogens with one attached hydrogen (secondary N) is 1. The molecule has 0 aliphatic carbocycles. The summed E-state index contributed by atoms with van der Waals surface area (Å²) < 4.78 is 5.11. The maximum Gasteiger partial charge on any atom is 0.136 e. The molecule has 0 amide bonds. The Morgan fingerprint density at radius 2 is 2.29 bits per heavy atom. The van der Waals surface area contributed by atoms with E-state index in [0.717, 1.165) is 18.7 Å². The first-order valence-corrected chi connectivity index (χ1v) is 4.59. The van der Waals surface area contributed by atoms with Crippen molar-refractivity contribution in [1.29, 1.82) is 5.26 Å². The summed E-state index contributed by atoms with van der Waals surface area (Å²) in [6.45, 7) is 3.79. The summed E-state index contributed by atoms with van der Waals surface area (Å²) in [4.78, 5) is 0. The fourth-order valence-electron chi connectivity index (χ4n) is 1.21. The number of methoxy groups -OCH3 is 1. The van der Waals surface area contributed by atoms with Crippen molar-refractivity contribution in [2.75, 3.05) is 13.7 Å². The van der Waals surface area contributed by atoms with Gasteiger partial charge in [-0.15, -0.1) is 0 Å². The fraction of sp³-hybridized carbons (Fsp3) is 0.364. The molecular formula is C11H14N2O. The highest BCUT2D eigenvalue weighted by Crippen LogP contribution is 2.18. The lowest BCUT2D eigenvalue weighted by Crippen LogP contribution is -2.11. The fourth-order valence-corrected chi connectivity index (χ4v) is 1.21. The predicted octanol–water partition coefficient (Wildman–Crippen LogP) is 1.68. The van der Waals surface area contributed by atoms with Gasteiger partial charge < -0.3 is 10.1 Å². The van der Waals surface area contributed by atoms with Crippen LogP contribution in [0.1, 0.15) is 18.1 Å². The first kappa shape index (κ1) is 10.6. The van der Waals surface area contributed by atoms with Crippen LogP contribution in [0.5, 0.6) is 5.75 Å². The van der Waals surface area contributed by atoms with Crippen LogP contribution in [0.25, 0.3) is 0 Å². The second kappa shape index (κ2) is 5.25. The number of nitrogens with zero attached hydrogens (tertiary/aromatic N) is 1. The number of ether oxygens (including phenoxy) is 1. The van der Waals surface area contributed by atoms with Crippen LogP contribution in [0.15, 0.2) is 18.2 Å². The number of benzene rings is 1. The molecule has 0 spiro atoms. The van der Waals surface area contributed by atoms with E-state index in [2.05, 4.69) is 18.3 Å². The lowest BCUT2D eigenvalue weighted by atomic mass is 10.1. The van der Waals surface area contributed by atoms with Crippen molar-refractivity contribution >= 4 is 0 Å². The second-order valence-electron chi connectivity index (χ2n) is 2.93. The summed E-state index contributed by atoms with van der Waals surface area (Å²) in [5, 5.41) is 12.0. The Labute approximate surface area is 84.3 Å². The van der Waals surface area contributed by atoms with Crippen LogP contribution in [0.2, 0.25) is 0 Å². The third kappa shape index (κ3) is 2.48. The molecule has 0 unspecified atom stereocenters. The number of hydrogen-bond acceptors (Lipinski definition) is 3. The van der Waals surface area contributed by atoms with Gasteiger partial charge in [-0.05, 0) is 24.2 Å². The Morgan fingerprint density at radius 1 is 1.50 bits per heavy atom. The molecule has 1 N–H and O–H groups in total. The first-order chi connectivity index (χ1) is 6.81. The van der Waals surface area contributed by atoms with Gasteiger partial charge in [0.05, 0.1) is 12.7 Å². The average Bonchev–Trinajstić information content (AvgIpc) is 2.25. The van der Waals surface area contributed by atoms with Crippen LogP contribution < -0.4 is 10.1 Å². The van der Waals surface area contributed by atoms with Crippen LogP contribution >= 0.6 is 0 Å². The molecule has 0 saturated heterocycles. The molecule has 74 valence electrons. The summed E-state index contributed by atoms with van der Waals surface area (Å²) in [5.41, 5.74) is 1.70. The molecule has 1 rings (SSSR count). The number of nitriles is 1. The minimum Gasteiger partial charge on any atom is -0.495 e. The Bertz CT molecular complexity index is 342. The van der Waals surface area contributed by atoms with E-state index in [4.69, 9.17) is 10.00 Å². The molecule has 0 radical (unpaired) electrons. The van der Waals surface area contributed by atoms with Crippen LogP contribution in [0, 0.1) is 11.3 Å². The molecule has 0 atom stereocenters. The molecule has 3 heteroatoms. The molecule has 0 heterocycles. The topological polar surface area (TPSA) is 45.0 Å². The van der Waals surface area contributed by atoms with Gasteiger partial charge in [-0.3, -0.25) is 0 Å². The predicted molar refractivity (Wildman–Crippen MR) is 55.1 cm³/mol. The van der Waals surface area contributed by atoms with Gasteiger partial charge in [0.15, 0.2) is 0 Å². The third-order valence-corrected chi connectivity index (χ3v) is 1.97. The summed E-state index contributed by atoms with van der Waals surface area (Å²) >= 11 is 0. The van der Waals surface area contributed by atoms with Crippen molar-refractivity contribution in [2.45, 2.75) is 13.5 Å². The van der Waals surface area contributed by atoms with Crippen molar-refractivity contribution in [3.63, 3.8) is 0 Å². The maximum absolute atomic E-state index is 8.77. The van der Waals surface area contributed by atoms with E-state index in [1.807, 2.05) is 12.1 Å². The van der Waals surface area contributed by atoms with Crippen molar-refractivity contribution in [2.24, 2.45) is 0 Å². The minimum absolute atomic E-state index is 0.577. The zero-order chi connectivity index (χ0) is 10.4. The molecule has 0 saturated carbocycles. The van der Waals surface area contributed by atoms with E-state index in [9.17, 15) is 0 Å². The van der Waals surface area contributed by atoms with Gasteiger partial charge >= 0.3 is 0 Å². The van der Waals surface area contributed by atoms with Crippen LogP contribution in [0.3, 0.4) is 0 Å². The standard InChI is InChI=1S/C11H14N2O/c1-3-13-8-9-4-5-10(7-12)11(6-9)14-2/h4-6,13H,3,8H2,1-2H3. The van der Waals surface area contributed by atoms with Crippen molar-refractivity contribution in [3.05, 3.63) is 29.3 Å². The van der Waals surface area contributed by atoms with Crippen LogP contribution in [-0.4, -0.2) is 13.7 Å². The second-order valence-corrected chi connectivity index (χ2v) is 2.93. The molecule has 1 aromatic carbocycles. The van der Waals surface area contributed by atoms with Gasteiger partial charge in [0, 0.05) is 6.54 Å². The zero-order valence-electron chi connectivity index (χ0n) is 8.50. The molecule has 0 aromatic heterocycles. The Kier molecular flexibility index (Phi) is 3.96. The van der Waals surface area contributed by atoms with Gasteiger partial charge in [-0.25, -0.2) is 0 Å². The van der Waals surface area contributed by atoms with Gasteiger partial charge in [0.1, 0.15) is 11.8 Å². The highest BCUT2D eigenvalue weighted by molar-refractivity contribution is 5.45. The monoisotopic (exact) mass is 190 g/mol. The molecule has 0 aliphatic rings. The van der Waals surface area contributed by atoms with Gasteiger partial charge in [0.2, 0.25) is 0 Å². The normalized spacial score (nSPS) is 9.50. The van der Waals surface area contributed by atoms with E-state index < -0.39 is 0 Å². The summed E-state index contributed by atoms with van der Waals surface area (Å²) in [5.74, 6) is 0.642. The summed E-state index contributed by atoms with van der Waals surface area (Å²) in [6, 6.07) is 7.69. The van der Waals surface area contributed by atoms with Crippen molar-refractivity contribution < 1.29 is 4.74 Å². The lowest BCUT2D eigenvalue weighted by Gasteiger charge is -2.06. The summed E-state index contributed by atoms with van der Waals surface area (Å²) in [6.07, 6.45) is 0. The minimum atomic E-state index is 0.577. The SMILES string of the molecule is CCNCc1ccc(C#N)c(OC)c1. The number of hydrogen-bond donors (Lipinski definition) is 1. The molecule has 0 bridgehead atoms. The van der Waals surface area contributed by atoms with Crippen LogP contribution in [0.4, 0.5) is 0 Å². The van der Waals surface area contributed by atoms with E-state index in [0.29, 0.717) is 11.3 Å². The highest BCUT2D eigenvalue weighted by atomic mass is 16.5. The molecule has 0 fully saturated rings. The Hall–Kier alpha value is -1.53. The third-order valence-electron chi connectivity index (χ3n) is 1.97.